The summed E-state index contributed by atoms with van der Waals surface area (Å²) in [7, 11) is 3.57. The van der Waals surface area contributed by atoms with Gasteiger partial charge in [0.15, 0.2) is 0 Å². The first-order valence-corrected chi connectivity index (χ1v) is 14.0. The van der Waals surface area contributed by atoms with Gasteiger partial charge in [0.1, 0.15) is 12.4 Å². The number of benzene rings is 1. The summed E-state index contributed by atoms with van der Waals surface area (Å²) >= 11 is 0. The molecular weight excluding hydrogens is 454 g/mol. The summed E-state index contributed by atoms with van der Waals surface area (Å²) in [4.78, 5) is 30.2. The Hall–Kier alpha value is -2.12. The van der Waals surface area contributed by atoms with Crippen molar-refractivity contribution in [2.75, 3.05) is 45.7 Å². The van der Waals surface area contributed by atoms with Gasteiger partial charge in [0.05, 0.1) is 11.7 Å². The third kappa shape index (κ3) is 6.60. The van der Waals surface area contributed by atoms with Crippen molar-refractivity contribution >= 4 is 17.5 Å². The van der Waals surface area contributed by atoms with Crippen LogP contribution in [0.3, 0.4) is 0 Å². The van der Waals surface area contributed by atoms with Crippen LogP contribution in [0.4, 0.5) is 5.69 Å². The molecule has 36 heavy (non-hydrogen) atoms. The van der Waals surface area contributed by atoms with Crippen LogP contribution in [0, 0.1) is 17.8 Å². The van der Waals surface area contributed by atoms with Crippen molar-refractivity contribution in [3.63, 3.8) is 0 Å². The Bertz CT molecular complexity index is 897. The van der Waals surface area contributed by atoms with E-state index in [1.54, 1.807) is 18.1 Å². The number of carbonyl (C=O) groups is 2. The fraction of sp³-hybridized carbons (Fsp3) is 0.724. The standard InChI is InChI=1S/C29H45N3O4/c1-20-16-32(17-22-9-6-5-7-10-22)21(2)19-36-26-15-24(30-28(33)23-11-8-12-23)13-14-25(26)29(34)31(3)18-27(20)35-4/h13-15,20-23,27H,5-12,16-19H2,1-4H3,(H,30,33)/t20-,21+,27+/m0/s1. The van der Waals surface area contributed by atoms with Crippen molar-refractivity contribution < 1.29 is 19.1 Å². The molecule has 0 bridgehead atoms. The molecule has 1 N–H and O–H groups in total. The second kappa shape index (κ2) is 12.4. The molecule has 3 atom stereocenters. The minimum absolute atomic E-state index is 0.0511. The highest BCUT2D eigenvalue weighted by Gasteiger charge is 2.30. The quantitative estimate of drug-likeness (QED) is 0.630. The highest BCUT2D eigenvalue weighted by molar-refractivity contribution is 5.99. The summed E-state index contributed by atoms with van der Waals surface area (Å²) in [6.45, 7) is 7.43. The highest BCUT2D eigenvalue weighted by atomic mass is 16.5. The lowest BCUT2D eigenvalue weighted by Gasteiger charge is -2.38. The van der Waals surface area contributed by atoms with E-state index in [-0.39, 0.29) is 35.8 Å². The van der Waals surface area contributed by atoms with Gasteiger partial charge < -0.3 is 19.7 Å². The number of hydrogen-bond donors (Lipinski definition) is 1. The van der Waals surface area contributed by atoms with Crippen LogP contribution >= 0.6 is 0 Å². The van der Waals surface area contributed by atoms with Crippen LogP contribution in [-0.4, -0.2) is 74.2 Å². The Labute approximate surface area is 216 Å². The second-order valence-electron chi connectivity index (χ2n) is 11.4. The van der Waals surface area contributed by atoms with Gasteiger partial charge in [-0.05, 0) is 56.6 Å². The van der Waals surface area contributed by atoms with Crippen molar-refractivity contribution in [2.45, 2.75) is 77.4 Å². The van der Waals surface area contributed by atoms with E-state index in [0.717, 1.165) is 38.3 Å². The molecule has 7 nitrogen and oxygen atoms in total. The number of anilines is 1. The van der Waals surface area contributed by atoms with Crippen molar-refractivity contribution in [3.8, 4) is 5.75 Å². The van der Waals surface area contributed by atoms with Gasteiger partial charge >= 0.3 is 0 Å². The fourth-order valence-electron chi connectivity index (χ4n) is 5.80. The van der Waals surface area contributed by atoms with E-state index in [4.69, 9.17) is 9.47 Å². The summed E-state index contributed by atoms with van der Waals surface area (Å²) in [5, 5.41) is 3.03. The van der Waals surface area contributed by atoms with Crippen LogP contribution in [0.5, 0.6) is 5.75 Å². The molecule has 1 aromatic carbocycles. The van der Waals surface area contributed by atoms with Gasteiger partial charge in [-0.1, -0.05) is 32.6 Å². The molecular formula is C29H45N3O4. The van der Waals surface area contributed by atoms with Crippen LogP contribution in [0.1, 0.15) is 75.6 Å². The molecule has 1 aromatic rings. The highest BCUT2D eigenvalue weighted by Crippen LogP contribution is 2.31. The number of methoxy groups -OCH3 is 1. The first-order valence-electron chi connectivity index (χ1n) is 14.0. The van der Waals surface area contributed by atoms with Crippen LogP contribution in [0.2, 0.25) is 0 Å². The number of fused-ring (bicyclic) bond motifs is 1. The van der Waals surface area contributed by atoms with Crippen molar-refractivity contribution in [1.29, 1.82) is 0 Å². The molecule has 0 aromatic heterocycles. The van der Waals surface area contributed by atoms with Crippen LogP contribution in [0.15, 0.2) is 18.2 Å². The number of nitrogens with one attached hydrogen (secondary N) is 1. The molecule has 200 valence electrons. The Morgan fingerprint density at radius 3 is 2.50 bits per heavy atom. The van der Waals surface area contributed by atoms with E-state index < -0.39 is 0 Å². The minimum Gasteiger partial charge on any atom is -0.491 e. The lowest BCUT2D eigenvalue weighted by molar-refractivity contribution is -0.122. The van der Waals surface area contributed by atoms with Crippen molar-refractivity contribution in [2.24, 2.45) is 17.8 Å². The first kappa shape index (κ1) is 26.9. The zero-order chi connectivity index (χ0) is 25.7. The Balaban J connectivity index is 1.57. The molecule has 1 heterocycles. The Morgan fingerprint density at radius 1 is 1.08 bits per heavy atom. The minimum atomic E-state index is -0.0941. The molecule has 0 radical (unpaired) electrons. The molecule has 3 aliphatic rings. The first-order chi connectivity index (χ1) is 17.4. The van der Waals surface area contributed by atoms with Crippen LogP contribution in [0.25, 0.3) is 0 Å². The van der Waals surface area contributed by atoms with Gasteiger partial charge in [-0.3, -0.25) is 14.5 Å². The smallest absolute Gasteiger partial charge is 0.257 e. The van der Waals surface area contributed by atoms with Gasteiger partial charge in [-0.25, -0.2) is 0 Å². The molecule has 0 spiro atoms. The van der Waals surface area contributed by atoms with Gasteiger partial charge in [0.2, 0.25) is 5.91 Å². The second-order valence-corrected chi connectivity index (χ2v) is 11.4. The average molecular weight is 500 g/mol. The van der Waals surface area contributed by atoms with Crippen LogP contribution in [-0.2, 0) is 9.53 Å². The zero-order valence-electron chi connectivity index (χ0n) is 22.6. The van der Waals surface area contributed by atoms with Gasteiger partial charge in [-0.2, -0.15) is 0 Å². The van der Waals surface area contributed by atoms with Gasteiger partial charge in [0, 0.05) is 57.5 Å². The Morgan fingerprint density at radius 2 is 1.83 bits per heavy atom. The van der Waals surface area contributed by atoms with E-state index in [0.29, 0.717) is 30.2 Å². The number of carbonyl (C=O) groups excluding carboxylic acids is 2. The number of likely N-dealkylation sites (N-methyl/N-ethyl adjacent to an activating group) is 1. The number of hydrogen-bond acceptors (Lipinski definition) is 5. The lowest BCUT2D eigenvalue weighted by atomic mass is 9.85. The lowest BCUT2D eigenvalue weighted by Crippen LogP contribution is -2.48. The van der Waals surface area contributed by atoms with E-state index >= 15 is 0 Å². The molecule has 7 heteroatoms. The predicted octanol–water partition coefficient (Wildman–Crippen LogP) is 4.81. The maximum Gasteiger partial charge on any atom is 0.257 e. The molecule has 2 saturated carbocycles. The normalized spacial score (nSPS) is 27.3. The molecule has 0 saturated heterocycles. The Kier molecular flexibility index (Phi) is 9.29. The van der Waals surface area contributed by atoms with E-state index in [2.05, 4.69) is 24.1 Å². The summed E-state index contributed by atoms with van der Waals surface area (Å²) in [6.07, 6.45) is 9.58. The van der Waals surface area contributed by atoms with E-state index in [1.807, 2.05) is 19.2 Å². The van der Waals surface area contributed by atoms with E-state index in [1.165, 1.54) is 32.1 Å². The zero-order valence-corrected chi connectivity index (χ0v) is 22.6. The summed E-state index contributed by atoms with van der Waals surface area (Å²) in [5.74, 6) is 1.60. The number of amides is 2. The van der Waals surface area contributed by atoms with Gasteiger partial charge in [-0.15, -0.1) is 0 Å². The third-order valence-corrected chi connectivity index (χ3v) is 8.54. The third-order valence-electron chi connectivity index (χ3n) is 8.54. The summed E-state index contributed by atoms with van der Waals surface area (Å²) < 4.78 is 12.2. The molecule has 2 amide bonds. The molecule has 1 aliphatic heterocycles. The monoisotopic (exact) mass is 499 g/mol. The number of ether oxygens (including phenoxy) is 2. The van der Waals surface area contributed by atoms with Crippen LogP contribution < -0.4 is 10.1 Å². The SMILES string of the molecule is CO[C@@H]1CN(C)C(=O)c2ccc(NC(=O)C3CCC3)cc2OC[C@@H](C)N(CC2CCCCC2)C[C@@H]1C. The van der Waals surface area contributed by atoms with Crippen molar-refractivity contribution in [1.82, 2.24) is 9.80 Å². The van der Waals surface area contributed by atoms with E-state index in [9.17, 15) is 9.59 Å². The molecule has 4 rings (SSSR count). The average Bonchev–Trinajstić information content (AvgIpc) is 2.83. The topological polar surface area (TPSA) is 71.1 Å². The molecule has 2 aliphatic carbocycles. The fourth-order valence-corrected chi connectivity index (χ4v) is 5.80. The largest absolute Gasteiger partial charge is 0.491 e. The van der Waals surface area contributed by atoms with Crippen molar-refractivity contribution in [3.05, 3.63) is 23.8 Å². The molecule has 2 fully saturated rings. The number of rotatable bonds is 5. The maximum atomic E-state index is 13.4. The van der Waals surface area contributed by atoms with Gasteiger partial charge in [0.25, 0.3) is 5.91 Å². The molecule has 0 unspecified atom stereocenters. The maximum absolute atomic E-state index is 13.4. The predicted molar refractivity (Wildman–Crippen MR) is 142 cm³/mol. The number of nitrogens with zero attached hydrogens (tertiary/aromatic N) is 2. The summed E-state index contributed by atoms with van der Waals surface area (Å²) in [5.41, 5.74) is 1.21. The summed E-state index contributed by atoms with van der Waals surface area (Å²) in [6, 6.07) is 5.61.